The molecule has 0 bridgehead atoms. The smallest absolute Gasteiger partial charge is 0.251 e. The van der Waals surface area contributed by atoms with E-state index in [0.29, 0.717) is 27.9 Å². The van der Waals surface area contributed by atoms with E-state index in [1.807, 2.05) is 24.3 Å². The maximum Gasteiger partial charge on any atom is 0.251 e. The summed E-state index contributed by atoms with van der Waals surface area (Å²) >= 11 is 13.5. The summed E-state index contributed by atoms with van der Waals surface area (Å²) in [7, 11) is 1.54. The van der Waals surface area contributed by atoms with Crippen molar-refractivity contribution >= 4 is 40.9 Å². The molecule has 2 aromatic carbocycles. The second kappa shape index (κ2) is 8.32. The summed E-state index contributed by atoms with van der Waals surface area (Å²) in [6, 6.07) is 12.6. The van der Waals surface area contributed by atoms with Gasteiger partial charge in [-0.05, 0) is 42.5 Å². The minimum absolute atomic E-state index is 0.152. The number of amides is 1. The average molecular weight is 356 g/mol. The third-order valence-electron chi connectivity index (χ3n) is 2.88. The van der Waals surface area contributed by atoms with Crippen LogP contribution in [0.15, 0.2) is 47.4 Å². The Balaban J connectivity index is 1.80. The first-order valence-electron chi connectivity index (χ1n) is 6.60. The van der Waals surface area contributed by atoms with Crippen molar-refractivity contribution in [2.75, 3.05) is 19.4 Å². The molecule has 0 aliphatic heterocycles. The maximum atomic E-state index is 12.0. The fourth-order valence-electron chi connectivity index (χ4n) is 1.77. The van der Waals surface area contributed by atoms with Gasteiger partial charge in [0.05, 0.1) is 12.1 Å². The van der Waals surface area contributed by atoms with Crippen molar-refractivity contribution in [2.45, 2.75) is 4.90 Å². The molecule has 0 aliphatic carbocycles. The predicted molar refractivity (Wildman–Crippen MR) is 92.5 cm³/mol. The van der Waals surface area contributed by atoms with Crippen LogP contribution in [0.25, 0.3) is 0 Å². The molecule has 0 saturated heterocycles. The number of thioether (sulfide) groups is 1. The van der Waals surface area contributed by atoms with Crippen LogP contribution in [0, 0.1) is 0 Å². The van der Waals surface area contributed by atoms with Gasteiger partial charge in [-0.3, -0.25) is 4.79 Å². The molecule has 0 radical (unpaired) electrons. The largest absolute Gasteiger partial charge is 0.495 e. The zero-order chi connectivity index (χ0) is 15.9. The molecule has 1 amide bonds. The average Bonchev–Trinajstić information content (AvgIpc) is 2.53. The van der Waals surface area contributed by atoms with Gasteiger partial charge in [0.15, 0.2) is 0 Å². The number of carbonyl (C=O) groups is 1. The van der Waals surface area contributed by atoms with E-state index in [1.165, 1.54) is 7.11 Å². The Kier molecular flexibility index (Phi) is 6.43. The van der Waals surface area contributed by atoms with E-state index >= 15 is 0 Å². The highest BCUT2D eigenvalue weighted by atomic mass is 35.5. The molecule has 0 atom stereocenters. The van der Waals surface area contributed by atoms with E-state index in [-0.39, 0.29) is 5.91 Å². The molecule has 6 heteroatoms. The molecule has 0 spiro atoms. The topological polar surface area (TPSA) is 38.3 Å². The molecular weight excluding hydrogens is 341 g/mol. The van der Waals surface area contributed by atoms with Gasteiger partial charge in [0.25, 0.3) is 5.91 Å². The number of hydrogen-bond donors (Lipinski definition) is 1. The third-order valence-corrected chi connectivity index (χ3v) is 4.45. The van der Waals surface area contributed by atoms with Crippen LogP contribution in [-0.2, 0) is 0 Å². The van der Waals surface area contributed by atoms with Crippen LogP contribution in [0.5, 0.6) is 5.75 Å². The van der Waals surface area contributed by atoms with Gasteiger partial charge < -0.3 is 10.1 Å². The number of benzene rings is 2. The molecule has 0 aliphatic rings. The van der Waals surface area contributed by atoms with Crippen molar-refractivity contribution < 1.29 is 9.53 Å². The van der Waals surface area contributed by atoms with Crippen LogP contribution < -0.4 is 10.1 Å². The molecule has 1 N–H and O–H groups in total. The van der Waals surface area contributed by atoms with Crippen molar-refractivity contribution in [3.63, 3.8) is 0 Å². The van der Waals surface area contributed by atoms with Gasteiger partial charge >= 0.3 is 0 Å². The van der Waals surface area contributed by atoms with Crippen molar-refractivity contribution in [1.29, 1.82) is 0 Å². The van der Waals surface area contributed by atoms with Crippen LogP contribution in [-0.4, -0.2) is 25.3 Å². The first-order chi connectivity index (χ1) is 10.6. The molecule has 22 heavy (non-hydrogen) atoms. The Morgan fingerprint density at radius 2 is 1.91 bits per heavy atom. The van der Waals surface area contributed by atoms with Gasteiger partial charge in [0.2, 0.25) is 0 Å². The minimum atomic E-state index is -0.152. The number of hydrogen-bond acceptors (Lipinski definition) is 3. The Morgan fingerprint density at radius 3 is 2.55 bits per heavy atom. The lowest BCUT2D eigenvalue weighted by Crippen LogP contribution is -2.25. The number of halogens is 2. The summed E-state index contributed by atoms with van der Waals surface area (Å²) < 4.78 is 5.06. The zero-order valence-electron chi connectivity index (χ0n) is 11.9. The highest BCUT2D eigenvalue weighted by Gasteiger charge is 2.08. The van der Waals surface area contributed by atoms with Crippen LogP contribution in [0.1, 0.15) is 10.4 Å². The SMILES string of the molecule is COc1ccc(C(=O)NCCSc2ccc(Cl)cc2)cc1Cl. The summed E-state index contributed by atoms with van der Waals surface area (Å²) in [6.07, 6.45) is 0. The molecule has 0 unspecified atom stereocenters. The number of ether oxygens (including phenoxy) is 1. The van der Waals surface area contributed by atoms with Crippen LogP contribution in [0.2, 0.25) is 10.0 Å². The summed E-state index contributed by atoms with van der Waals surface area (Å²) in [6.45, 7) is 0.565. The Labute approximate surface area is 144 Å². The summed E-state index contributed by atoms with van der Waals surface area (Å²) in [5.41, 5.74) is 0.516. The van der Waals surface area contributed by atoms with Gasteiger partial charge in [0, 0.05) is 27.8 Å². The quantitative estimate of drug-likeness (QED) is 0.611. The number of carbonyl (C=O) groups excluding carboxylic acids is 1. The van der Waals surface area contributed by atoms with Crippen molar-refractivity contribution in [1.82, 2.24) is 5.32 Å². The molecule has 0 heterocycles. The van der Waals surface area contributed by atoms with E-state index < -0.39 is 0 Å². The maximum absolute atomic E-state index is 12.0. The first kappa shape index (κ1) is 17.0. The lowest BCUT2D eigenvalue weighted by molar-refractivity contribution is 0.0956. The van der Waals surface area contributed by atoms with Crippen LogP contribution >= 0.6 is 35.0 Å². The second-order valence-corrected chi connectivity index (χ2v) is 6.42. The van der Waals surface area contributed by atoms with E-state index in [2.05, 4.69) is 5.32 Å². The van der Waals surface area contributed by atoms with Gasteiger partial charge in [0.1, 0.15) is 5.75 Å². The van der Waals surface area contributed by atoms with Crippen molar-refractivity contribution in [3.8, 4) is 5.75 Å². The van der Waals surface area contributed by atoms with E-state index in [9.17, 15) is 4.79 Å². The van der Waals surface area contributed by atoms with Crippen molar-refractivity contribution in [2.24, 2.45) is 0 Å². The molecule has 0 aromatic heterocycles. The van der Waals surface area contributed by atoms with E-state index in [1.54, 1.807) is 30.0 Å². The minimum Gasteiger partial charge on any atom is -0.495 e. The number of nitrogens with one attached hydrogen (secondary N) is 1. The normalized spacial score (nSPS) is 10.3. The number of rotatable bonds is 6. The molecule has 116 valence electrons. The summed E-state index contributed by atoms with van der Waals surface area (Å²) in [5.74, 6) is 1.18. The monoisotopic (exact) mass is 355 g/mol. The highest BCUT2D eigenvalue weighted by molar-refractivity contribution is 7.99. The lowest BCUT2D eigenvalue weighted by Gasteiger charge is -2.07. The molecule has 0 saturated carbocycles. The van der Waals surface area contributed by atoms with Gasteiger partial charge in [-0.25, -0.2) is 0 Å². The molecule has 2 rings (SSSR count). The van der Waals surface area contributed by atoms with Gasteiger partial charge in [-0.1, -0.05) is 23.2 Å². The molecule has 3 nitrogen and oxygen atoms in total. The number of methoxy groups -OCH3 is 1. The molecule has 0 fully saturated rings. The Bertz CT molecular complexity index is 647. The van der Waals surface area contributed by atoms with E-state index in [0.717, 1.165) is 10.6 Å². The van der Waals surface area contributed by atoms with Gasteiger partial charge in [-0.15, -0.1) is 11.8 Å². The fraction of sp³-hybridized carbons (Fsp3) is 0.188. The Hall–Kier alpha value is -1.36. The zero-order valence-corrected chi connectivity index (χ0v) is 14.3. The van der Waals surface area contributed by atoms with Crippen LogP contribution in [0.3, 0.4) is 0 Å². The summed E-state index contributed by atoms with van der Waals surface area (Å²) in [5, 5.41) is 4.00. The second-order valence-electron chi connectivity index (χ2n) is 4.41. The first-order valence-corrected chi connectivity index (χ1v) is 8.34. The van der Waals surface area contributed by atoms with E-state index in [4.69, 9.17) is 27.9 Å². The molecular formula is C16H15Cl2NO2S. The lowest BCUT2D eigenvalue weighted by atomic mass is 10.2. The van der Waals surface area contributed by atoms with Crippen LogP contribution in [0.4, 0.5) is 0 Å². The summed E-state index contributed by atoms with van der Waals surface area (Å²) in [4.78, 5) is 13.1. The molecule has 2 aromatic rings. The standard InChI is InChI=1S/C16H15Cl2NO2S/c1-21-15-7-2-11(10-14(15)18)16(20)19-8-9-22-13-5-3-12(17)4-6-13/h2-7,10H,8-9H2,1H3,(H,19,20). The Morgan fingerprint density at radius 1 is 1.18 bits per heavy atom. The van der Waals surface area contributed by atoms with Crippen molar-refractivity contribution in [3.05, 3.63) is 58.1 Å². The third kappa shape index (κ3) is 4.83. The van der Waals surface area contributed by atoms with Gasteiger partial charge in [-0.2, -0.15) is 0 Å². The highest BCUT2D eigenvalue weighted by Crippen LogP contribution is 2.25. The predicted octanol–water partition coefficient (Wildman–Crippen LogP) is 4.52. The fourth-order valence-corrected chi connectivity index (χ4v) is 2.93.